The van der Waals surface area contributed by atoms with Gasteiger partial charge in [0, 0.05) is 45.3 Å². The van der Waals surface area contributed by atoms with E-state index in [0.29, 0.717) is 19.1 Å². The maximum Gasteiger partial charge on any atom is 0.216 e. The standard InChI is InChI=1S/C13H27N3O3S.ClH/c1-12(2)19-9-10-20(17,18)16-6-3-13(11-16)15-7-4-14-5-8-15;/h12-14H,3-11H2,1-2H3;1H. The van der Waals surface area contributed by atoms with Crippen LogP contribution in [-0.2, 0) is 14.8 Å². The quantitative estimate of drug-likeness (QED) is 0.744. The molecule has 0 spiro atoms. The van der Waals surface area contributed by atoms with Crippen LogP contribution in [-0.4, -0.2) is 81.4 Å². The van der Waals surface area contributed by atoms with E-state index in [2.05, 4.69) is 10.2 Å². The van der Waals surface area contributed by atoms with E-state index >= 15 is 0 Å². The van der Waals surface area contributed by atoms with E-state index in [4.69, 9.17) is 4.74 Å². The Bertz CT molecular complexity index is 399. The third-order valence-electron chi connectivity index (χ3n) is 3.98. The SMILES string of the molecule is CC(C)OCCS(=O)(=O)N1CCC(N2CCNCC2)C1.Cl. The number of rotatable bonds is 6. The number of ether oxygens (including phenoxy) is 1. The average Bonchev–Trinajstić information content (AvgIpc) is 2.89. The number of piperazine rings is 1. The van der Waals surface area contributed by atoms with Gasteiger partial charge in [-0.3, -0.25) is 4.90 Å². The number of nitrogens with one attached hydrogen (secondary N) is 1. The zero-order chi connectivity index (χ0) is 14.6. The molecule has 2 heterocycles. The van der Waals surface area contributed by atoms with Gasteiger partial charge in [-0.25, -0.2) is 12.7 Å². The Labute approximate surface area is 134 Å². The summed E-state index contributed by atoms with van der Waals surface area (Å²) in [6, 6.07) is 0.387. The highest BCUT2D eigenvalue weighted by molar-refractivity contribution is 7.89. The molecule has 0 saturated carbocycles. The molecule has 2 saturated heterocycles. The molecule has 6 nitrogen and oxygen atoms in total. The van der Waals surface area contributed by atoms with Gasteiger partial charge in [0.05, 0.1) is 18.5 Å². The number of hydrogen-bond acceptors (Lipinski definition) is 5. The molecule has 1 unspecified atom stereocenters. The Morgan fingerprint density at radius 2 is 1.90 bits per heavy atom. The minimum absolute atomic E-state index is 0. The maximum atomic E-state index is 12.3. The van der Waals surface area contributed by atoms with Crippen LogP contribution in [0.15, 0.2) is 0 Å². The first kappa shape index (κ1) is 19.1. The Morgan fingerprint density at radius 1 is 1.24 bits per heavy atom. The van der Waals surface area contributed by atoms with Gasteiger partial charge in [-0.1, -0.05) is 0 Å². The minimum Gasteiger partial charge on any atom is -0.378 e. The van der Waals surface area contributed by atoms with E-state index in [0.717, 1.165) is 32.6 Å². The van der Waals surface area contributed by atoms with E-state index in [9.17, 15) is 8.42 Å². The van der Waals surface area contributed by atoms with Gasteiger partial charge in [-0.05, 0) is 20.3 Å². The summed E-state index contributed by atoms with van der Waals surface area (Å²) in [5.41, 5.74) is 0. The van der Waals surface area contributed by atoms with Gasteiger partial charge in [0.15, 0.2) is 0 Å². The average molecular weight is 342 g/mol. The number of hydrogen-bond donors (Lipinski definition) is 1. The predicted octanol–water partition coefficient (Wildman–Crippen LogP) is 0.143. The van der Waals surface area contributed by atoms with Gasteiger partial charge in [0.25, 0.3) is 0 Å². The van der Waals surface area contributed by atoms with Crippen molar-refractivity contribution in [2.45, 2.75) is 32.4 Å². The highest BCUT2D eigenvalue weighted by Crippen LogP contribution is 2.19. The van der Waals surface area contributed by atoms with E-state index in [1.165, 1.54) is 0 Å². The smallest absolute Gasteiger partial charge is 0.216 e. The molecule has 1 N–H and O–H groups in total. The summed E-state index contributed by atoms with van der Waals surface area (Å²) in [5.74, 6) is 0.0967. The molecule has 8 heteroatoms. The summed E-state index contributed by atoms with van der Waals surface area (Å²) in [6.45, 7) is 9.48. The zero-order valence-corrected chi connectivity index (χ0v) is 14.6. The number of nitrogens with zero attached hydrogens (tertiary/aromatic N) is 2. The van der Waals surface area contributed by atoms with Crippen LogP contribution in [0.4, 0.5) is 0 Å². The first-order chi connectivity index (χ1) is 9.49. The lowest BCUT2D eigenvalue weighted by atomic mass is 10.2. The summed E-state index contributed by atoms with van der Waals surface area (Å²) < 4.78 is 31.5. The predicted molar refractivity (Wildman–Crippen MR) is 86.5 cm³/mol. The van der Waals surface area contributed by atoms with Gasteiger partial charge in [-0.15, -0.1) is 12.4 Å². The second-order valence-electron chi connectivity index (χ2n) is 5.82. The first-order valence-electron chi connectivity index (χ1n) is 7.53. The largest absolute Gasteiger partial charge is 0.378 e. The van der Waals surface area contributed by atoms with Gasteiger partial charge < -0.3 is 10.1 Å². The minimum atomic E-state index is -3.16. The second-order valence-corrected chi connectivity index (χ2v) is 7.91. The Hall–Kier alpha value is 0.0800. The molecule has 2 aliphatic heterocycles. The van der Waals surface area contributed by atoms with Crippen molar-refractivity contribution in [3.05, 3.63) is 0 Å². The highest BCUT2D eigenvalue weighted by atomic mass is 35.5. The molecule has 0 radical (unpaired) electrons. The van der Waals surface area contributed by atoms with Gasteiger partial charge >= 0.3 is 0 Å². The summed E-state index contributed by atoms with van der Waals surface area (Å²) >= 11 is 0. The van der Waals surface area contributed by atoms with Crippen molar-refractivity contribution >= 4 is 22.4 Å². The summed E-state index contributed by atoms with van der Waals surface area (Å²) in [5, 5.41) is 3.33. The fraction of sp³-hybridized carbons (Fsp3) is 1.00. The van der Waals surface area contributed by atoms with Crippen molar-refractivity contribution in [2.75, 3.05) is 51.6 Å². The molecule has 21 heavy (non-hydrogen) atoms. The lowest BCUT2D eigenvalue weighted by Gasteiger charge is -2.32. The third kappa shape index (κ3) is 5.65. The second kappa shape index (κ2) is 8.64. The van der Waals surface area contributed by atoms with Crippen LogP contribution in [0.5, 0.6) is 0 Å². The van der Waals surface area contributed by atoms with Gasteiger partial charge in [-0.2, -0.15) is 0 Å². The molecule has 0 aromatic carbocycles. The lowest BCUT2D eigenvalue weighted by molar-refractivity contribution is 0.0907. The van der Waals surface area contributed by atoms with Crippen molar-refractivity contribution < 1.29 is 13.2 Å². The van der Waals surface area contributed by atoms with Crippen LogP contribution in [0.2, 0.25) is 0 Å². The molecule has 126 valence electrons. The topological polar surface area (TPSA) is 61.9 Å². The first-order valence-corrected chi connectivity index (χ1v) is 9.14. The molecule has 0 amide bonds. The molecule has 0 bridgehead atoms. The summed E-state index contributed by atoms with van der Waals surface area (Å²) in [6.07, 6.45) is 1.03. The van der Waals surface area contributed by atoms with Crippen LogP contribution in [0.1, 0.15) is 20.3 Å². The molecule has 0 aromatic heterocycles. The summed E-state index contributed by atoms with van der Waals surface area (Å²) in [4.78, 5) is 2.41. The van der Waals surface area contributed by atoms with Crippen LogP contribution < -0.4 is 5.32 Å². The third-order valence-corrected chi connectivity index (χ3v) is 5.78. The molecule has 2 fully saturated rings. The zero-order valence-electron chi connectivity index (χ0n) is 13.0. The molecule has 0 aliphatic carbocycles. The van der Waals surface area contributed by atoms with Crippen LogP contribution in [0, 0.1) is 0 Å². The Morgan fingerprint density at radius 3 is 2.52 bits per heavy atom. The molecule has 1 atom stereocenters. The summed E-state index contributed by atoms with van der Waals surface area (Å²) in [7, 11) is -3.16. The van der Waals surface area contributed by atoms with E-state index in [1.807, 2.05) is 13.8 Å². The monoisotopic (exact) mass is 341 g/mol. The maximum absolute atomic E-state index is 12.3. The normalized spacial score (nSPS) is 25.2. The molecule has 2 rings (SSSR count). The van der Waals surface area contributed by atoms with Crippen molar-refractivity contribution in [3.63, 3.8) is 0 Å². The van der Waals surface area contributed by atoms with E-state index < -0.39 is 10.0 Å². The molecule has 2 aliphatic rings. The van der Waals surface area contributed by atoms with Crippen molar-refractivity contribution in [2.24, 2.45) is 0 Å². The van der Waals surface area contributed by atoms with Crippen molar-refractivity contribution in [1.29, 1.82) is 0 Å². The number of sulfonamides is 1. The van der Waals surface area contributed by atoms with Crippen molar-refractivity contribution in [3.8, 4) is 0 Å². The van der Waals surface area contributed by atoms with Gasteiger partial charge in [0.1, 0.15) is 0 Å². The van der Waals surface area contributed by atoms with Crippen molar-refractivity contribution in [1.82, 2.24) is 14.5 Å². The van der Waals surface area contributed by atoms with Crippen LogP contribution >= 0.6 is 12.4 Å². The van der Waals surface area contributed by atoms with Gasteiger partial charge in [0.2, 0.25) is 10.0 Å². The van der Waals surface area contributed by atoms with E-state index in [-0.39, 0.29) is 30.9 Å². The highest BCUT2D eigenvalue weighted by Gasteiger charge is 2.34. The number of halogens is 1. The van der Waals surface area contributed by atoms with Crippen LogP contribution in [0.3, 0.4) is 0 Å². The molecule has 0 aromatic rings. The lowest BCUT2D eigenvalue weighted by Crippen LogP contribution is -2.49. The fourth-order valence-corrected chi connectivity index (χ4v) is 4.17. The van der Waals surface area contributed by atoms with Crippen LogP contribution in [0.25, 0.3) is 0 Å². The Balaban J connectivity index is 0.00000220. The Kier molecular flexibility index (Phi) is 7.87. The molecular weight excluding hydrogens is 314 g/mol. The van der Waals surface area contributed by atoms with E-state index in [1.54, 1.807) is 4.31 Å². The fourth-order valence-electron chi connectivity index (χ4n) is 2.83. The molecular formula is C13H28ClN3O3S.